The first-order chi connectivity index (χ1) is 7.78. The van der Waals surface area contributed by atoms with Gasteiger partial charge in [-0.05, 0) is 25.7 Å². The summed E-state index contributed by atoms with van der Waals surface area (Å²) < 4.78 is 10.8. The van der Waals surface area contributed by atoms with Crippen LogP contribution >= 0.6 is 0 Å². The van der Waals surface area contributed by atoms with Crippen molar-refractivity contribution < 1.29 is 14.6 Å². The van der Waals surface area contributed by atoms with Gasteiger partial charge in [-0.3, -0.25) is 0 Å². The lowest BCUT2D eigenvalue weighted by atomic mass is 9.70. The third-order valence-corrected chi connectivity index (χ3v) is 4.16. The van der Waals surface area contributed by atoms with E-state index in [1.165, 1.54) is 0 Å². The number of aliphatic hydroxyl groups is 1. The number of rotatable bonds is 3. The van der Waals surface area contributed by atoms with Gasteiger partial charge in [0, 0.05) is 37.7 Å². The predicted molar refractivity (Wildman–Crippen MR) is 61.1 cm³/mol. The molecule has 0 saturated carbocycles. The van der Waals surface area contributed by atoms with Gasteiger partial charge in [-0.1, -0.05) is 0 Å². The van der Waals surface area contributed by atoms with Crippen LogP contribution in [0.5, 0.6) is 0 Å². The molecule has 0 aliphatic carbocycles. The first-order valence-corrected chi connectivity index (χ1v) is 6.32. The quantitative estimate of drug-likeness (QED) is 0.741. The van der Waals surface area contributed by atoms with Crippen molar-refractivity contribution in [2.24, 2.45) is 17.1 Å². The molecule has 0 radical (unpaired) electrons. The number of hydrogen-bond donors (Lipinski definition) is 2. The van der Waals surface area contributed by atoms with E-state index in [1.807, 2.05) is 0 Å². The SMILES string of the molecule is NCC1(C(O)C2CCCOC2)CCOCC1. The maximum absolute atomic E-state index is 10.5. The van der Waals surface area contributed by atoms with Gasteiger partial charge in [0.2, 0.25) is 0 Å². The van der Waals surface area contributed by atoms with Gasteiger partial charge in [0.15, 0.2) is 0 Å². The number of ether oxygens (including phenoxy) is 2. The van der Waals surface area contributed by atoms with Gasteiger partial charge in [-0.15, -0.1) is 0 Å². The number of aliphatic hydroxyl groups excluding tert-OH is 1. The highest BCUT2D eigenvalue weighted by Crippen LogP contribution is 2.38. The minimum Gasteiger partial charge on any atom is -0.392 e. The van der Waals surface area contributed by atoms with Crippen LogP contribution in [0.2, 0.25) is 0 Å². The maximum atomic E-state index is 10.5. The standard InChI is InChI=1S/C12H23NO3/c13-9-12(3-6-15-7-4-12)11(14)10-2-1-5-16-8-10/h10-11,14H,1-9,13H2. The van der Waals surface area contributed by atoms with E-state index in [1.54, 1.807) is 0 Å². The minimum absolute atomic E-state index is 0.135. The Hall–Kier alpha value is -0.160. The minimum atomic E-state index is -0.332. The van der Waals surface area contributed by atoms with E-state index in [0.29, 0.717) is 13.2 Å². The van der Waals surface area contributed by atoms with E-state index >= 15 is 0 Å². The normalized spacial score (nSPS) is 32.2. The smallest absolute Gasteiger partial charge is 0.0660 e. The molecule has 94 valence electrons. The summed E-state index contributed by atoms with van der Waals surface area (Å²) in [5.41, 5.74) is 5.75. The highest BCUT2D eigenvalue weighted by Gasteiger charge is 2.42. The van der Waals surface area contributed by atoms with Crippen LogP contribution < -0.4 is 5.73 Å². The molecule has 0 aromatic carbocycles. The lowest BCUT2D eigenvalue weighted by Crippen LogP contribution is -2.50. The Bertz CT molecular complexity index is 210. The molecule has 0 aromatic rings. The molecule has 0 amide bonds. The van der Waals surface area contributed by atoms with Crippen molar-refractivity contribution in [1.29, 1.82) is 0 Å². The topological polar surface area (TPSA) is 64.7 Å². The predicted octanol–water partition coefficient (Wildman–Crippen LogP) is 0.529. The van der Waals surface area contributed by atoms with E-state index in [4.69, 9.17) is 15.2 Å². The molecular weight excluding hydrogens is 206 g/mol. The van der Waals surface area contributed by atoms with E-state index < -0.39 is 0 Å². The second-order valence-electron chi connectivity index (χ2n) is 5.10. The van der Waals surface area contributed by atoms with Crippen LogP contribution in [0.15, 0.2) is 0 Å². The van der Waals surface area contributed by atoms with Crippen LogP contribution in [0.3, 0.4) is 0 Å². The zero-order valence-electron chi connectivity index (χ0n) is 9.86. The third-order valence-electron chi connectivity index (χ3n) is 4.16. The van der Waals surface area contributed by atoms with Crippen LogP contribution in [0.4, 0.5) is 0 Å². The molecule has 4 heteroatoms. The van der Waals surface area contributed by atoms with Crippen molar-refractivity contribution in [3.05, 3.63) is 0 Å². The highest BCUT2D eigenvalue weighted by molar-refractivity contribution is 4.93. The molecular formula is C12H23NO3. The first kappa shape index (κ1) is 12.3. The molecule has 2 saturated heterocycles. The Morgan fingerprint density at radius 1 is 1.25 bits per heavy atom. The summed E-state index contributed by atoms with van der Waals surface area (Å²) in [5.74, 6) is 0.260. The van der Waals surface area contributed by atoms with E-state index in [-0.39, 0.29) is 17.4 Å². The Morgan fingerprint density at radius 3 is 2.56 bits per heavy atom. The fourth-order valence-electron chi connectivity index (χ4n) is 2.91. The Kier molecular flexibility index (Phi) is 4.19. The second-order valence-corrected chi connectivity index (χ2v) is 5.10. The zero-order valence-corrected chi connectivity index (χ0v) is 9.86. The van der Waals surface area contributed by atoms with Crippen molar-refractivity contribution >= 4 is 0 Å². The van der Waals surface area contributed by atoms with Crippen molar-refractivity contribution in [1.82, 2.24) is 0 Å². The number of nitrogens with two attached hydrogens (primary N) is 1. The molecule has 16 heavy (non-hydrogen) atoms. The summed E-state index contributed by atoms with van der Waals surface area (Å²) in [6.45, 7) is 3.52. The monoisotopic (exact) mass is 229 g/mol. The Morgan fingerprint density at radius 2 is 2.00 bits per heavy atom. The molecule has 0 bridgehead atoms. The van der Waals surface area contributed by atoms with Gasteiger partial charge >= 0.3 is 0 Å². The molecule has 2 atom stereocenters. The molecule has 2 aliphatic heterocycles. The maximum Gasteiger partial charge on any atom is 0.0660 e. The van der Waals surface area contributed by atoms with Crippen LogP contribution in [0.1, 0.15) is 25.7 Å². The highest BCUT2D eigenvalue weighted by atomic mass is 16.5. The summed E-state index contributed by atoms with van der Waals surface area (Å²) in [6.07, 6.45) is 3.53. The lowest BCUT2D eigenvalue weighted by molar-refractivity contribution is -0.106. The van der Waals surface area contributed by atoms with Crippen molar-refractivity contribution in [3.63, 3.8) is 0 Å². The average Bonchev–Trinajstić information content (AvgIpc) is 2.39. The Balaban J connectivity index is 2.00. The van der Waals surface area contributed by atoms with Gasteiger partial charge in [0.25, 0.3) is 0 Å². The fraction of sp³-hybridized carbons (Fsp3) is 1.00. The largest absolute Gasteiger partial charge is 0.392 e. The summed E-state index contributed by atoms with van der Waals surface area (Å²) >= 11 is 0. The van der Waals surface area contributed by atoms with Crippen LogP contribution in [-0.4, -0.2) is 44.2 Å². The average molecular weight is 229 g/mol. The third kappa shape index (κ3) is 2.40. The van der Waals surface area contributed by atoms with Crippen LogP contribution in [0, 0.1) is 11.3 Å². The first-order valence-electron chi connectivity index (χ1n) is 6.32. The molecule has 2 rings (SSSR count). The molecule has 2 aliphatic rings. The number of hydrogen-bond acceptors (Lipinski definition) is 4. The molecule has 0 aromatic heterocycles. The van der Waals surface area contributed by atoms with Gasteiger partial charge in [0.05, 0.1) is 12.7 Å². The molecule has 2 fully saturated rings. The molecule has 3 N–H and O–H groups in total. The van der Waals surface area contributed by atoms with Gasteiger partial charge in [-0.25, -0.2) is 0 Å². The molecule has 2 unspecified atom stereocenters. The summed E-state index contributed by atoms with van der Waals surface area (Å²) in [7, 11) is 0. The summed E-state index contributed by atoms with van der Waals surface area (Å²) in [4.78, 5) is 0. The molecule has 4 nitrogen and oxygen atoms in total. The van der Waals surface area contributed by atoms with E-state index in [9.17, 15) is 5.11 Å². The molecule has 2 heterocycles. The second kappa shape index (κ2) is 5.45. The van der Waals surface area contributed by atoms with Crippen molar-refractivity contribution in [2.75, 3.05) is 33.0 Å². The van der Waals surface area contributed by atoms with E-state index in [2.05, 4.69) is 0 Å². The van der Waals surface area contributed by atoms with Crippen molar-refractivity contribution in [2.45, 2.75) is 31.8 Å². The fourth-order valence-corrected chi connectivity index (χ4v) is 2.91. The van der Waals surface area contributed by atoms with E-state index in [0.717, 1.165) is 45.5 Å². The van der Waals surface area contributed by atoms with Gasteiger partial charge in [0.1, 0.15) is 0 Å². The van der Waals surface area contributed by atoms with Crippen LogP contribution in [-0.2, 0) is 9.47 Å². The van der Waals surface area contributed by atoms with Gasteiger partial charge in [-0.2, -0.15) is 0 Å². The van der Waals surface area contributed by atoms with Gasteiger partial charge < -0.3 is 20.3 Å². The van der Waals surface area contributed by atoms with Crippen LogP contribution in [0.25, 0.3) is 0 Å². The lowest BCUT2D eigenvalue weighted by Gasteiger charge is -2.44. The Labute approximate surface area is 97.1 Å². The summed E-state index contributed by atoms with van der Waals surface area (Å²) in [6, 6.07) is 0. The molecule has 0 spiro atoms. The summed E-state index contributed by atoms with van der Waals surface area (Å²) in [5, 5.41) is 10.5. The van der Waals surface area contributed by atoms with Crippen molar-refractivity contribution in [3.8, 4) is 0 Å². The zero-order chi connectivity index (χ0) is 11.4.